The molecule has 0 saturated carbocycles. The van der Waals surface area contributed by atoms with Crippen molar-refractivity contribution in [3.05, 3.63) is 34.7 Å². The number of imidazole rings is 1. The van der Waals surface area contributed by atoms with Gasteiger partial charge in [0.2, 0.25) is 0 Å². The number of nitrogens with two attached hydrogens (primary N) is 1. The van der Waals surface area contributed by atoms with Crippen molar-refractivity contribution in [1.82, 2.24) is 14.5 Å². The Hall–Kier alpha value is -1.63. The Bertz CT molecular complexity index is 648. The van der Waals surface area contributed by atoms with Crippen molar-refractivity contribution in [3.63, 3.8) is 0 Å². The van der Waals surface area contributed by atoms with Crippen LogP contribution in [0, 0.1) is 0 Å². The summed E-state index contributed by atoms with van der Waals surface area (Å²) in [6.45, 7) is 4.84. The first-order chi connectivity index (χ1) is 10.3. The minimum atomic E-state index is -0.0296. The zero-order valence-corrected chi connectivity index (χ0v) is 12.1. The molecule has 0 bridgehead atoms. The number of H-pyrrole nitrogens is 1. The normalized spacial score (nSPS) is 20.1. The molecule has 1 saturated heterocycles. The summed E-state index contributed by atoms with van der Waals surface area (Å²) in [5.41, 5.74) is 7.50. The third-order valence-electron chi connectivity index (χ3n) is 4.02. The lowest BCUT2D eigenvalue weighted by molar-refractivity contribution is -0.0236. The predicted molar refractivity (Wildman–Crippen MR) is 82.4 cm³/mol. The van der Waals surface area contributed by atoms with Gasteiger partial charge in [-0.3, -0.25) is 9.47 Å². The molecule has 1 unspecified atom stereocenters. The number of hydrogen-bond acceptors (Lipinski definition) is 4. The van der Waals surface area contributed by atoms with Crippen LogP contribution in [0.15, 0.2) is 29.1 Å². The number of benzene rings is 1. The number of para-hydroxylation sites is 2. The van der Waals surface area contributed by atoms with Gasteiger partial charge in [-0.15, -0.1) is 0 Å². The second kappa shape index (κ2) is 6.43. The number of aromatic nitrogens is 2. The van der Waals surface area contributed by atoms with Gasteiger partial charge < -0.3 is 15.5 Å². The molecule has 21 heavy (non-hydrogen) atoms. The van der Waals surface area contributed by atoms with Gasteiger partial charge in [0.25, 0.3) is 0 Å². The maximum atomic E-state index is 12.0. The maximum Gasteiger partial charge on any atom is 0.326 e. The quantitative estimate of drug-likeness (QED) is 0.834. The second-order valence-corrected chi connectivity index (χ2v) is 5.48. The van der Waals surface area contributed by atoms with E-state index < -0.39 is 0 Å². The summed E-state index contributed by atoms with van der Waals surface area (Å²) < 4.78 is 7.38. The number of fused-ring (bicyclic) bond motifs is 1. The standard InChI is InChI=1S/C15H22N4O2/c16-10-12-11-18(8-9-21-12)6-3-7-19-14-5-2-1-4-13(14)17-15(19)20/h1-2,4-5,12H,3,6-11,16H2,(H,17,20). The Morgan fingerprint density at radius 2 is 2.19 bits per heavy atom. The van der Waals surface area contributed by atoms with E-state index in [1.54, 1.807) is 0 Å². The summed E-state index contributed by atoms with van der Waals surface area (Å²) >= 11 is 0. The van der Waals surface area contributed by atoms with E-state index in [1.165, 1.54) is 0 Å². The first kappa shape index (κ1) is 14.3. The lowest BCUT2D eigenvalue weighted by Crippen LogP contribution is -2.46. The smallest absolute Gasteiger partial charge is 0.326 e. The fourth-order valence-electron chi connectivity index (χ4n) is 2.91. The van der Waals surface area contributed by atoms with Crippen molar-refractivity contribution in [1.29, 1.82) is 0 Å². The molecule has 2 heterocycles. The number of nitrogens with one attached hydrogen (secondary N) is 1. The van der Waals surface area contributed by atoms with Crippen LogP contribution in [0.25, 0.3) is 11.0 Å². The topological polar surface area (TPSA) is 76.3 Å². The van der Waals surface area contributed by atoms with Gasteiger partial charge in [0.1, 0.15) is 0 Å². The summed E-state index contributed by atoms with van der Waals surface area (Å²) in [5.74, 6) is 0. The fraction of sp³-hybridized carbons (Fsp3) is 0.533. The maximum absolute atomic E-state index is 12.0. The second-order valence-electron chi connectivity index (χ2n) is 5.48. The molecule has 3 rings (SSSR count). The molecule has 1 aliphatic heterocycles. The molecule has 0 amide bonds. The van der Waals surface area contributed by atoms with Crippen LogP contribution in [0.1, 0.15) is 6.42 Å². The molecule has 2 aromatic rings. The van der Waals surface area contributed by atoms with Crippen LogP contribution < -0.4 is 11.4 Å². The number of hydrogen-bond donors (Lipinski definition) is 2. The number of rotatable bonds is 5. The Morgan fingerprint density at radius 1 is 1.33 bits per heavy atom. The van der Waals surface area contributed by atoms with Gasteiger partial charge in [0.05, 0.1) is 23.7 Å². The van der Waals surface area contributed by atoms with E-state index in [0.717, 1.165) is 50.2 Å². The number of morpholine rings is 1. The molecule has 1 atom stereocenters. The Balaban J connectivity index is 1.59. The van der Waals surface area contributed by atoms with E-state index in [2.05, 4.69) is 9.88 Å². The van der Waals surface area contributed by atoms with Crippen LogP contribution in [0.2, 0.25) is 0 Å². The van der Waals surface area contributed by atoms with Crippen molar-refractivity contribution in [3.8, 4) is 0 Å². The van der Waals surface area contributed by atoms with E-state index in [4.69, 9.17) is 10.5 Å². The average molecular weight is 290 g/mol. The Labute approximate surface area is 123 Å². The molecule has 0 aliphatic carbocycles. The van der Waals surface area contributed by atoms with Crippen LogP contribution >= 0.6 is 0 Å². The molecule has 6 heteroatoms. The molecular formula is C15H22N4O2. The summed E-state index contributed by atoms with van der Waals surface area (Å²) in [6, 6.07) is 7.80. The number of ether oxygens (including phenoxy) is 1. The van der Waals surface area contributed by atoms with Gasteiger partial charge in [-0.05, 0) is 18.6 Å². The highest BCUT2D eigenvalue weighted by Crippen LogP contribution is 2.10. The summed E-state index contributed by atoms with van der Waals surface area (Å²) in [5, 5.41) is 0. The summed E-state index contributed by atoms with van der Waals surface area (Å²) in [4.78, 5) is 17.2. The van der Waals surface area contributed by atoms with Crippen LogP contribution in [0.3, 0.4) is 0 Å². The van der Waals surface area contributed by atoms with Crippen molar-refractivity contribution < 1.29 is 4.74 Å². The van der Waals surface area contributed by atoms with Crippen LogP contribution in [-0.4, -0.2) is 53.3 Å². The molecule has 3 N–H and O–H groups in total. The van der Waals surface area contributed by atoms with Crippen molar-refractivity contribution in [2.24, 2.45) is 5.73 Å². The Kier molecular flexibility index (Phi) is 4.38. The molecule has 6 nitrogen and oxygen atoms in total. The van der Waals surface area contributed by atoms with Gasteiger partial charge >= 0.3 is 5.69 Å². The molecule has 1 aliphatic rings. The summed E-state index contributed by atoms with van der Waals surface area (Å²) in [6.07, 6.45) is 1.09. The minimum absolute atomic E-state index is 0.0296. The largest absolute Gasteiger partial charge is 0.374 e. The number of aryl methyl sites for hydroxylation is 1. The zero-order chi connectivity index (χ0) is 14.7. The van der Waals surface area contributed by atoms with Crippen LogP contribution in [-0.2, 0) is 11.3 Å². The Morgan fingerprint density at radius 3 is 3.05 bits per heavy atom. The highest BCUT2D eigenvalue weighted by Gasteiger charge is 2.18. The third kappa shape index (κ3) is 3.18. The molecular weight excluding hydrogens is 268 g/mol. The molecule has 1 fully saturated rings. The third-order valence-corrected chi connectivity index (χ3v) is 4.02. The monoisotopic (exact) mass is 290 g/mol. The van der Waals surface area contributed by atoms with E-state index in [0.29, 0.717) is 6.54 Å². The SMILES string of the molecule is NCC1CN(CCCn2c(=O)[nH]c3ccccc32)CCO1. The van der Waals surface area contributed by atoms with Gasteiger partial charge in [0.15, 0.2) is 0 Å². The summed E-state index contributed by atoms with van der Waals surface area (Å²) in [7, 11) is 0. The highest BCUT2D eigenvalue weighted by atomic mass is 16.5. The van der Waals surface area contributed by atoms with E-state index >= 15 is 0 Å². The number of aromatic amines is 1. The lowest BCUT2D eigenvalue weighted by atomic mass is 10.2. The van der Waals surface area contributed by atoms with Crippen molar-refractivity contribution in [2.75, 3.05) is 32.8 Å². The van der Waals surface area contributed by atoms with Crippen molar-refractivity contribution in [2.45, 2.75) is 19.1 Å². The molecule has 1 aromatic carbocycles. The van der Waals surface area contributed by atoms with Gasteiger partial charge in [0, 0.05) is 32.7 Å². The fourth-order valence-corrected chi connectivity index (χ4v) is 2.91. The molecule has 0 radical (unpaired) electrons. The van der Waals surface area contributed by atoms with Crippen LogP contribution in [0.5, 0.6) is 0 Å². The van der Waals surface area contributed by atoms with E-state index in [1.807, 2.05) is 28.8 Å². The van der Waals surface area contributed by atoms with Gasteiger partial charge in [-0.2, -0.15) is 0 Å². The molecule has 1 aromatic heterocycles. The zero-order valence-electron chi connectivity index (χ0n) is 12.1. The van der Waals surface area contributed by atoms with Crippen LogP contribution in [0.4, 0.5) is 0 Å². The first-order valence-corrected chi connectivity index (χ1v) is 7.49. The van der Waals surface area contributed by atoms with Gasteiger partial charge in [-0.25, -0.2) is 4.79 Å². The minimum Gasteiger partial charge on any atom is -0.374 e. The lowest BCUT2D eigenvalue weighted by Gasteiger charge is -2.32. The van der Waals surface area contributed by atoms with Gasteiger partial charge in [-0.1, -0.05) is 12.1 Å². The predicted octanol–water partition coefficient (Wildman–Crippen LogP) is 0.379. The van der Waals surface area contributed by atoms with E-state index in [-0.39, 0.29) is 11.8 Å². The van der Waals surface area contributed by atoms with Crippen molar-refractivity contribution >= 4 is 11.0 Å². The highest BCUT2D eigenvalue weighted by molar-refractivity contribution is 5.74. The molecule has 0 spiro atoms. The molecule has 114 valence electrons. The number of nitrogens with zero attached hydrogens (tertiary/aromatic N) is 2. The average Bonchev–Trinajstić information content (AvgIpc) is 2.83. The first-order valence-electron chi connectivity index (χ1n) is 7.49. The van der Waals surface area contributed by atoms with E-state index in [9.17, 15) is 4.79 Å².